The first kappa shape index (κ1) is 20.7. The molecule has 27 heavy (non-hydrogen) atoms. The van der Waals surface area contributed by atoms with Crippen LogP contribution in [0.25, 0.3) is 0 Å². The minimum atomic E-state index is 0.590. The van der Waals surface area contributed by atoms with Gasteiger partial charge in [-0.15, -0.1) is 0 Å². The van der Waals surface area contributed by atoms with Crippen LogP contribution in [0, 0.1) is 5.92 Å². The standard InChI is InChI=1S/C21H32ClN3OS/c1-15-6-4-5-7-19(15)24(2)17-10-12-25(13-11-17)21(27)23-16-8-9-20(26-3)18(22)14-16/h8-9,14-15,17,19H,4-7,10-13H2,1-3H3,(H,23,27)/t15-,19-/m1/s1. The number of rotatable bonds is 4. The number of hydrogen-bond acceptors (Lipinski definition) is 3. The maximum Gasteiger partial charge on any atom is 0.173 e. The molecule has 6 heteroatoms. The fraction of sp³-hybridized carbons (Fsp3) is 0.667. The second-order valence-electron chi connectivity index (χ2n) is 7.99. The third-order valence-corrected chi connectivity index (χ3v) is 6.98. The van der Waals surface area contributed by atoms with Crippen LogP contribution in [0.2, 0.25) is 5.02 Å². The van der Waals surface area contributed by atoms with E-state index < -0.39 is 0 Å². The minimum Gasteiger partial charge on any atom is -0.495 e. The Morgan fingerprint density at radius 1 is 1.22 bits per heavy atom. The van der Waals surface area contributed by atoms with Crippen LogP contribution in [-0.4, -0.2) is 54.2 Å². The molecule has 150 valence electrons. The van der Waals surface area contributed by atoms with Gasteiger partial charge in [0.1, 0.15) is 5.75 Å². The first-order valence-corrected chi connectivity index (χ1v) is 10.9. The first-order valence-electron chi connectivity index (χ1n) is 10.1. The molecule has 1 aromatic rings. The molecule has 4 nitrogen and oxygen atoms in total. The number of likely N-dealkylation sites (tertiary alicyclic amines) is 1. The van der Waals surface area contributed by atoms with Crippen molar-refractivity contribution in [1.82, 2.24) is 9.80 Å². The highest BCUT2D eigenvalue weighted by Gasteiger charge is 2.31. The summed E-state index contributed by atoms with van der Waals surface area (Å²) in [6, 6.07) is 7.09. The Hall–Kier alpha value is -1.04. The number of hydrogen-bond donors (Lipinski definition) is 1. The number of halogens is 1. The molecule has 0 radical (unpaired) electrons. The van der Waals surface area contributed by atoms with Crippen molar-refractivity contribution in [1.29, 1.82) is 0 Å². The van der Waals surface area contributed by atoms with Gasteiger partial charge in [0.25, 0.3) is 0 Å². The van der Waals surface area contributed by atoms with Gasteiger partial charge in [0, 0.05) is 30.9 Å². The summed E-state index contributed by atoms with van der Waals surface area (Å²) < 4.78 is 5.21. The SMILES string of the molecule is COc1ccc(NC(=S)N2CCC(N(C)[C@@H]3CCCC[C@H]3C)CC2)cc1Cl. The topological polar surface area (TPSA) is 27.7 Å². The molecule has 1 saturated carbocycles. The van der Waals surface area contributed by atoms with Crippen molar-refractivity contribution < 1.29 is 4.74 Å². The van der Waals surface area contributed by atoms with Crippen LogP contribution in [0.15, 0.2) is 18.2 Å². The molecule has 0 spiro atoms. The van der Waals surface area contributed by atoms with Crippen LogP contribution in [0.1, 0.15) is 45.4 Å². The van der Waals surface area contributed by atoms with Gasteiger partial charge in [0.2, 0.25) is 0 Å². The molecule has 0 amide bonds. The second kappa shape index (κ2) is 9.44. The van der Waals surface area contributed by atoms with Crippen molar-refractivity contribution in [2.75, 3.05) is 32.6 Å². The smallest absolute Gasteiger partial charge is 0.173 e. The summed E-state index contributed by atoms with van der Waals surface area (Å²) in [5, 5.41) is 4.69. The van der Waals surface area contributed by atoms with Gasteiger partial charge in [-0.2, -0.15) is 0 Å². The Morgan fingerprint density at radius 2 is 1.93 bits per heavy atom. The van der Waals surface area contributed by atoms with Crippen LogP contribution < -0.4 is 10.1 Å². The van der Waals surface area contributed by atoms with Crippen LogP contribution in [-0.2, 0) is 0 Å². The first-order chi connectivity index (χ1) is 13.0. The fourth-order valence-corrected chi connectivity index (χ4v) is 5.15. The third-order valence-electron chi connectivity index (χ3n) is 6.32. The summed E-state index contributed by atoms with van der Waals surface area (Å²) in [5.41, 5.74) is 0.904. The maximum atomic E-state index is 6.21. The summed E-state index contributed by atoms with van der Waals surface area (Å²) in [6.45, 7) is 4.44. The summed E-state index contributed by atoms with van der Waals surface area (Å²) >= 11 is 11.8. The van der Waals surface area contributed by atoms with Crippen molar-refractivity contribution >= 4 is 34.6 Å². The summed E-state index contributed by atoms with van der Waals surface area (Å²) in [6.07, 6.45) is 7.87. The Labute approximate surface area is 174 Å². The molecule has 1 aliphatic carbocycles. The normalized spacial score (nSPS) is 24.1. The van der Waals surface area contributed by atoms with E-state index in [4.69, 9.17) is 28.6 Å². The van der Waals surface area contributed by atoms with E-state index in [1.165, 1.54) is 38.5 Å². The molecule has 2 aliphatic rings. The van der Waals surface area contributed by atoms with Gasteiger partial charge in [0.15, 0.2) is 5.11 Å². The predicted octanol–water partition coefficient (Wildman–Crippen LogP) is 5.02. The van der Waals surface area contributed by atoms with Crippen molar-refractivity contribution in [2.24, 2.45) is 5.92 Å². The number of nitrogens with one attached hydrogen (secondary N) is 1. The van der Waals surface area contributed by atoms with E-state index in [1.807, 2.05) is 18.2 Å². The monoisotopic (exact) mass is 409 g/mol. The molecule has 2 atom stereocenters. The number of anilines is 1. The molecular weight excluding hydrogens is 378 g/mol. The fourth-order valence-electron chi connectivity index (χ4n) is 4.60. The average molecular weight is 410 g/mol. The quantitative estimate of drug-likeness (QED) is 0.704. The molecular formula is C21H32ClN3OS. The summed E-state index contributed by atoms with van der Waals surface area (Å²) in [7, 11) is 3.96. The molecule has 2 fully saturated rings. The highest BCUT2D eigenvalue weighted by Crippen LogP contribution is 2.31. The largest absolute Gasteiger partial charge is 0.495 e. The van der Waals surface area contributed by atoms with Gasteiger partial charge in [0.05, 0.1) is 12.1 Å². The number of methoxy groups -OCH3 is 1. The third kappa shape index (κ3) is 5.07. The van der Waals surface area contributed by atoms with Crippen LogP contribution in [0.5, 0.6) is 5.75 Å². The Balaban J connectivity index is 1.51. The van der Waals surface area contributed by atoms with Gasteiger partial charge >= 0.3 is 0 Å². The van der Waals surface area contributed by atoms with Gasteiger partial charge < -0.3 is 19.9 Å². The molecule has 1 aliphatic heterocycles. The van der Waals surface area contributed by atoms with Crippen molar-refractivity contribution in [2.45, 2.75) is 57.5 Å². The Morgan fingerprint density at radius 3 is 2.56 bits per heavy atom. The van der Waals surface area contributed by atoms with Gasteiger partial charge in [-0.3, -0.25) is 0 Å². The molecule has 0 bridgehead atoms. The average Bonchev–Trinajstić information content (AvgIpc) is 2.68. The lowest BCUT2D eigenvalue weighted by Crippen LogP contribution is -2.51. The molecule has 1 saturated heterocycles. The molecule has 0 aromatic heterocycles. The molecule has 0 unspecified atom stereocenters. The lowest BCUT2D eigenvalue weighted by atomic mass is 9.84. The van der Waals surface area contributed by atoms with Gasteiger partial charge in [-0.25, -0.2) is 0 Å². The number of thiocarbonyl (C=S) groups is 1. The highest BCUT2D eigenvalue weighted by atomic mass is 35.5. The zero-order valence-electron chi connectivity index (χ0n) is 16.7. The summed E-state index contributed by atoms with van der Waals surface area (Å²) in [5.74, 6) is 1.50. The predicted molar refractivity (Wildman–Crippen MR) is 118 cm³/mol. The number of piperidine rings is 1. The van der Waals surface area contributed by atoms with Crippen molar-refractivity contribution in [3.05, 3.63) is 23.2 Å². The van der Waals surface area contributed by atoms with E-state index in [0.717, 1.165) is 35.8 Å². The molecule has 1 heterocycles. The molecule has 1 N–H and O–H groups in total. The lowest BCUT2D eigenvalue weighted by Gasteiger charge is -2.44. The van der Waals surface area contributed by atoms with Crippen molar-refractivity contribution in [3.8, 4) is 5.75 Å². The van der Waals surface area contributed by atoms with E-state index in [2.05, 4.69) is 29.1 Å². The van der Waals surface area contributed by atoms with E-state index in [9.17, 15) is 0 Å². The van der Waals surface area contributed by atoms with E-state index in [-0.39, 0.29) is 0 Å². The zero-order valence-corrected chi connectivity index (χ0v) is 18.3. The maximum absolute atomic E-state index is 6.21. The molecule has 1 aromatic carbocycles. The van der Waals surface area contributed by atoms with Crippen LogP contribution in [0.4, 0.5) is 5.69 Å². The van der Waals surface area contributed by atoms with Gasteiger partial charge in [-0.05, 0) is 69.1 Å². The number of benzene rings is 1. The Kier molecular flexibility index (Phi) is 7.23. The summed E-state index contributed by atoms with van der Waals surface area (Å²) in [4.78, 5) is 4.95. The highest BCUT2D eigenvalue weighted by molar-refractivity contribution is 7.80. The van der Waals surface area contributed by atoms with Crippen molar-refractivity contribution in [3.63, 3.8) is 0 Å². The Bertz CT molecular complexity index is 648. The number of nitrogens with zero attached hydrogens (tertiary/aromatic N) is 2. The van der Waals surface area contributed by atoms with Crippen LogP contribution in [0.3, 0.4) is 0 Å². The van der Waals surface area contributed by atoms with Gasteiger partial charge in [-0.1, -0.05) is 31.4 Å². The zero-order chi connectivity index (χ0) is 19.4. The van der Waals surface area contributed by atoms with E-state index >= 15 is 0 Å². The van der Waals surface area contributed by atoms with E-state index in [1.54, 1.807) is 7.11 Å². The van der Waals surface area contributed by atoms with Crippen LogP contribution >= 0.6 is 23.8 Å². The minimum absolute atomic E-state index is 0.590. The van der Waals surface area contributed by atoms with E-state index in [0.29, 0.717) is 16.8 Å². The lowest BCUT2D eigenvalue weighted by molar-refractivity contribution is 0.0691. The second-order valence-corrected chi connectivity index (χ2v) is 8.79. The molecule has 3 rings (SSSR count). The number of ether oxygens (including phenoxy) is 1.